The SMILES string of the molecule is c1ccc(C2c3c([nH]c4ccccc34)C3(CCC4(CC3)c3[nH]c5ccccc5c3C(c3ccccc3)c3c4[nH]c4ccccc34)c3[nH]c4ccccc4c32)cc1. The van der Waals surface area contributed by atoms with Gasteiger partial charge in [-0.15, -0.1) is 0 Å². The number of fused-ring (bicyclic) bond motifs is 16. The normalized spacial score (nSPS) is 22.5. The molecule has 0 unspecified atom stereocenters. The number of hydrogen-bond acceptors (Lipinski definition) is 0. The first kappa shape index (κ1) is 30.8. The zero-order chi connectivity index (χ0) is 36.6. The largest absolute Gasteiger partial charge is 0.357 e. The Morgan fingerprint density at radius 3 is 0.839 bits per heavy atom. The minimum absolute atomic E-state index is 0.122. The van der Waals surface area contributed by atoms with E-state index in [-0.39, 0.29) is 22.7 Å². The lowest BCUT2D eigenvalue weighted by atomic mass is 9.53. The van der Waals surface area contributed by atoms with Crippen molar-refractivity contribution in [1.29, 1.82) is 0 Å². The first-order valence-electron chi connectivity index (χ1n) is 20.3. The summed E-state index contributed by atoms with van der Waals surface area (Å²) in [5.41, 5.74) is 18.6. The van der Waals surface area contributed by atoms with Gasteiger partial charge in [0.05, 0.1) is 10.8 Å². The van der Waals surface area contributed by atoms with Crippen molar-refractivity contribution in [3.63, 3.8) is 0 Å². The number of rotatable bonds is 2. The number of aromatic amines is 4. The molecular weight excluding hydrogens is 681 g/mol. The van der Waals surface area contributed by atoms with Crippen molar-refractivity contribution in [3.8, 4) is 0 Å². The lowest BCUT2D eigenvalue weighted by Crippen LogP contribution is -2.46. The summed E-state index contributed by atoms with van der Waals surface area (Å²) < 4.78 is 0. The Kier molecular flexibility index (Phi) is 6.07. The van der Waals surface area contributed by atoms with Gasteiger partial charge in [-0.25, -0.2) is 0 Å². The molecule has 4 N–H and O–H groups in total. The lowest BCUT2D eigenvalue weighted by molar-refractivity contribution is 0.234. The van der Waals surface area contributed by atoms with Gasteiger partial charge in [-0.1, -0.05) is 133 Å². The van der Waals surface area contributed by atoms with Crippen LogP contribution >= 0.6 is 0 Å². The predicted molar refractivity (Wildman–Crippen MR) is 228 cm³/mol. The predicted octanol–water partition coefficient (Wildman–Crippen LogP) is 12.4. The molecule has 4 heterocycles. The minimum Gasteiger partial charge on any atom is -0.357 e. The number of benzene rings is 6. The van der Waals surface area contributed by atoms with Gasteiger partial charge in [0.1, 0.15) is 0 Å². The maximum atomic E-state index is 4.13. The quantitative estimate of drug-likeness (QED) is 0.137. The van der Waals surface area contributed by atoms with Gasteiger partial charge < -0.3 is 19.9 Å². The third-order valence-electron chi connectivity index (χ3n) is 14.3. The number of hydrogen-bond donors (Lipinski definition) is 4. The topological polar surface area (TPSA) is 63.2 Å². The molecule has 268 valence electrons. The molecule has 10 aromatic rings. The molecule has 1 saturated carbocycles. The van der Waals surface area contributed by atoms with Crippen molar-refractivity contribution in [3.05, 3.63) is 214 Å². The molecular formula is C52H40N4. The summed E-state index contributed by atoms with van der Waals surface area (Å²) in [5, 5.41) is 5.36. The molecule has 13 rings (SSSR count). The standard InChI is InChI=1S/C52H40N4/c1-3-15-31(16-4-1)41-43-33-19-7-11-23-37(33)53-47(43)51(48-44(41)34-20-8-12-24-38(34)54-48)27-29-52(30-28-51)49-45(35-21-9-13-25-39(35)55-49)42(32-17-5-2-6-18-32)46-36-22-10-14-26-40(36)56-50(46)52/h1-26,41-42,53-56H,27-30H2. The van der Waals surface area contributed by atoms with Crippen LogP contribution in [-0.4, -0.2) is 19.9 Å². The smallest absolute Gasteiger partial charge is 0.0511 e. The highest BCUT2D eigenvalue weighted by Gasteiger charge is 2.57. The maximum Gasteiger partial charge on any atom is 0.0511 e. The van der Waals surface area contributed by atoms with Crippen LogP contribution in [0.5, 0.6) is 0 Å². The van der Waals surface area contributed by atoms with E-state index in [4.69, 9.17) is 0 Å². The molecule has 0 bridgehead atoms. The Morgan fingerprint density at radius 2 is 0.554 bits per heavy atom. The molecule has 3 aliphatic carbocycles. The molecule has 0 amide bonds. The third kappa shape index (κ3) is 3.84. The van der Waals surface area contributed by atoms with Crippen LogP contribution < -0.4 is 0 Å². The van der Waals surface area contributed by atoms with Gasteiger partial charge in [-0.3, -0.25) is 0 Å². The second kappa shape index (κ2) is 11.0. The van der Waals surface area contributed by atoms with E-state index in [1.807, 2.05) is 0 Å². The van der Waals surface area contributed by atoms with E-state index >= 15 is 0 Å². The van der Waals surface area contributed by atoms with Crippen LogP contribution in [0, 0.1) is 0 Å². The van der Waals surface area contributed by atoms with Gasteiger partial charge >= 0.3 is 0 Å². The van der Waals surface area contributed by atoms with Gasteiger partial charge in [-0.2, -0.15) is 0 Å². The van der Waals surface area contributed by atoms with E-state index in [0.717, 1.165) is 25.7 Å². The molecule has 4 nitrogen and oxygen atoms in total. The fourth-order valence-electron chi connectivity index (χ4n) is 12.0. The molecule has 2 spiro atoms. The van der Waals surface area contributed by atoms with E-state index in [1.165, 1.54) is 99.8 Å². The van der Waals surface area contributed by atoms with Crippen molar-refractivity contribution in [2.24, 2.45) is 0 Å². The molecule has 0 saturated heterocycles. The summed E-state index contributed by atoms with van der Waals surface area (Å²) in [6.45, 7) is 0. The highest BCUT2D eigenvalue weighted by molar-refractivity contribution is 5.96. The monoisotopic (exact) mass is 720 g/mol. The molecule has 6 aromatic carbocycles. The summed E-state index contributed by atoms with van der Waals surface area (Å²) in [6.07, 6.45) is 4.03. The Morgan fingerprint density at radius 1 is 0.304 bits per heavy atom. The van der Waals surface area contributed by atoms with Crippen LogP contribution in [-0.2, 0) is 10.8 Å². The van der Waals surface area contributed by atoms with Crippen LogP contribution in [0.4, 0.5) is 0 Å². The zero-order valence-corrected chi connectivity index (χ0v) is 31.0. The Balaban J connectivity index is 1.08. The van der Waals surface area contributed by atoms with Crippen molar-refractivity contribution < 1.29 is 0 Å². The summed E-state index contributed by atoms with van der Waals surface area (Å²) in [5.74, 6) is 0.244. The van der Waals surface area contributed by atoms with Crippen molar-refractivity contribution in [2.75, 3.05) is 0 Å². The Hall–Kier alpha value is -6.52. The number of nitrogens with one attached hydrogen (secondary N) is 4. The third-order valence-corrected chi connectivity index (χ3v) is 14.3. The van der Waals surface area contributed by atoms with Gasteiger partial charge in [0, 0.05) is 78.2 Å². The molecule has 56 heavy (non-hydrogen) atoms. The molecule has 0 aliphatic heterocycles. The maximum absolute atomic E-state index is 4.13. The molecule has 1 fully saturated rings. The second-order valence-electron chi connectivity index (χ2n) is 16.7. The first-order valence-corrected chi connectivity index (χ1v) is 20.3. The summed E-state index contributed by atoms with van der Waals surface area (Å²) in [7, 11) is 0. The fourth-order valence-corrected chi connectivity index (χ4v) is 12.0. The minimum atomic E-state index is -0.214. The zero-order valence-electron chi connectivity index (χ0n) is 31.0. The van der Waals surface area contributed by atoms with Crippen LogP contribution in [0.25, 0.3) is 43.6 Å². The van der Waals surface area contributed by atoms with Crippen molar-refractivity contribution in [2.45, 2.75) is 48.3 Å². The van der Waals surface area contributed by atoms with E-state index in [2.05, 4.69) is 178 Å². The van der Waals surface area contributed by atoms with Gasteiger partial charge in [-0.05, 0) is 83.3 Å². The van der Waals surface area contributed by atoms with Crippen LogP contribution in [0.2, 0.25) is 0 Å². The lowest BCUT2D eigenvalue weighted by Gasteiger charge is -2.51. The van der Waals surface area contributed by atoms with Crippen molar-refractivity contribution >= 4 is 43.6 Å². The molecule has 0 radical (unpaired) electrons. The second-order valence-corrected chi connectivity index (χ2v) is 16.7. The van der Waals surface area contributed by atoms with Gasteiger partial charge in [0.2, 0.25) is 0 Å². The Bertz CT molecular complexity index is 2780. The number of para-hydroxylation sites is 4. The average Bonchev–Trinajstić information content (AvgIpc) is 4.05. The highest BCUT2D eigenvalue weighted by atomic mass is 14.9. The number of aromatic nitrogens is 4. The summed E-state index contributed by atoms with van der Waals surface area (Å²) in [6, 6.07) is 58.5. The fraction of sp³-hybridized carbons (Fsp3) is 0.154. The molecule has 3 aliphatic rings. The van der Waals surface area contributed by atoms with E-state index in [1.54, 1.807) is 0 Å². The van der Waals surface area contributed by atoms with E-state index < -0.39 is 0 Å². The Labute approximate surface area is 324 Å². The average molecular weight is 721 g/mol. The molecule has 4 aromatic heterocycles. The highest BCUT2D eigenvalue weighted by Crippen LogP contribution is 2.64. The van der Waals surface area contributed by atoms with Gasteiger partial charge in [0.15, 0.2) is 0 Å². The molecule has 4 heteroatoms. The molecule has 0 atom stereocenters. The van der Waals surface area contributed by atoms with Crippen LogP contribution in [0.15, 0.2) is 158 Å². The van der Waals surface area contributed by atoms with Crippen LogP contribution in [0.1, 0.15) is 93.7 Å². The van der Waals surface area contributed by atoms with Gasteiger partial charge in [0.25, 0.3) is 0 Å². The van der Waals surface area contributed by atoms with E-state index in [0.29, 0.717) is 0 Å². The van der Waals surface area contributed by atoms with Crippen molar-refractivity contribution in [1.82, 2.24) is 19.9 Å². The van der Waals surface area contributed by atoms with E-state index in [9.17, 15) is 0 Å². The van der Waals surface area contributed by atoms with Crippen LogP contribution in [0.3, 0.4) is 0 Å². The summed E-state index contributed by atoms with van der Waals surface area (Å²) in [4.78, 5) is 16.5. The first-order chi connectivity index (χ1) is 27.7. The summed E-state index contributed by atoms with van der Waals surface area (Å²) >= 11 is 0. The number of H-pyrrole nitrogens is 4.